The van der Waals surface area contributed by atoms with Gasteiger partial charge in [0.2, 0.25) is 0 Å². The van der Waals surface area contributed by atoms with Crippen molar-refractivity contribution in [3.63, 3.8) is 0 Å². The van der Waals surface area contributed by atoms with Gasteiger partial charge in [-0.05, 0) is 17.7 Å². The van der Waals surface area contributed by atoms with Crippen molar-refractivity contribution in [3.8, 4) is 0 Å². The van der Waals surface area contributed by atoms with E-state index in [1.54, 1.807) is 23.0 Å². The van der Waals surface area contributed by atoms with E-state index in [1.807, 2.05) is 5.38 Å². The molecule has 8 heteroatoms. The van der Waals surface area contributed by atoms with E-state index in [0.717, 1.165) is 6.07 Å². The number of carbonyl (C=O) groups excluding carboxylic acids is 1. The molecular formula is C11H10NNaO5S. The summed E-state index contributed by atoms with van der Waals surface area (Å²) in [4.78, 5) is 24.4. The number of carbonyl (C=O) groups is 2. The molecule has 0 aliphatic carbocycles. The molecule has 2 rings (SSSR count). The van der Waals surface area contributed by atoms with E-state index in [1.165, 1.54) is 18.2 Å². The van der Waals surface area contributed by atoms with Gasteiger partial charge < -0.3 is 20.5 Å². The molecule has 0 spiro atoms. The van der Waals surface area contributed by atoms with E-state index >= 15 is 0 Å². The molecule has 1 heterocycles. The van der Waals surface area contributed by atoms with Gasteiger partial charge in [-0.1, -0.05) is 12.1 Å². The predicted octanol–water partition coefficient (Wildman–Crippen LogP) is -2.93. The SMILES string of the molecule is O.O=C([O-])c1cccc(C(=O)O)c1.[Na+].c1cscn1. The molecule has 0 fully saturated rings. The molecule has 19 heavy (non-hydrogen) atoms. The summed E-state index contributed by atoms with van der Waals surface area (Å²) in [6.07, 6.45) is 1.77. The third-order valence-electron chi connectivity index (χ3n) is 1.69. The van der Waals surface area contributed by atoms with Gasteiger partial charge in [0.1, 0.15) is 0 Å². The predicted molar refractivity (Wildman–Crippen MR) is 63.5 cm³/mol. The van der Waals surface area contributed by atoms with Crippen molar-refractivity contribution in [1.82, 2.24) is 4.98 Å². The Balaban J connectivity index is 0. The number of benzene rings is 1. The van der Waals surface area contributed by atoms with Gasteiger partial charge in [-0.2, -0.15) is 0 Å². The first-order valence-corrected chi connectivity index (χ1v) is 5.42. The van der Waals surface area contributed by atoms with Crippen LogP contribution in [0.4, 0.5) is 0 Å². The second-order valence-corrected chi connectivity index (χ2v) is 3.60. The van der Waals surface area contributed by atoms with Gasteiger partial charge in [-0.3, -0.25) is 4.98 Å². The molecule has 1 aromatic carbocycles. The van der Waals surface area contributed by atoms with Crippen molar-refractivity contribution in [3.05, 3.63) is 52.5 Å². The van der Waals surface area contributed by atoms with Crippen LogP contribution in [0.3, 0.4) is 0 Å². The zero-order valence-electron chi connectivity index (χ0n) is 10.1. The van der Waals surface area contributed by atoms with Crippen molar-refractivity contribution in [1.29, 1.82) is 0 Å². The number of aromatic nitrogens is 1. The van der Waals surface area contributed by atoms with Crippen LogP contribution in [0.25, 0.3) is 0 Å². The summed E-state index contributed by atoms with van der Waals surface area (Å²) in [5.41, 5.74) is 1.60. The number of rotatable bonds is 2. The molecule has 0 radical (unpaired) electrons. The average Bonchev–Trinajstić information content (AvgIpc) is 2.87. The van der Waals surface area contributed by atoms with Crippen LogP contribution in [0.2, 0.25) is 0 Å². The minimum Gasteiger partial charge on any atom is -0.545 e. The van der Waals surface area contributed by atoms with Crippen LogP contribution in [-0.4, -0.2) is 27.5 Å². The van der Waals surface area contributed by atoms with E-state index in [-0.39, 0.29) is 46.2 Å². The molecule has 1 aromatic heterocycles. The molecule has 6 nitrogen and oxygen atoms in total. The van der Waals surface area contributed by atoms with Crippen LogP contribution in [0.1, 0.15) is 20.7 Å². The number of thiazole rings is 1. The molecule has 0 atom stereocenters. The molecule has 0 unspecified atom stereocenters. The number of hydrogen-bond donors (Lipinski definition) is 1. The number of carboxylic acids is 2. The van der Waals surface area contributed by atoms with E-state index in [9.17, 15) is 14.7 Å². The van der Waals surface area contributed by atoms with Gasteiger partial charge in [0, 0.05) is 11.6 Å². The fraction of sp³-hybridized carbons (Fsp3) is 0. The molecule has 0 saturated carbocycles. The number of carboxylic acid groups (broad SMARTS) is 2. The molecule has 0 saturated heterocycles. The number of hydrogen-bond acceptors (Lipinski definition) is 5. The van der Waals surface area contributed by atoms with E-state index in [2.05, 4.69) is 4.98 Å². The Morgan fingerprint density at radius 2 is 1.89 bits per heavy atom. The van der Waals surface area contributed by atoms with Gasteiger partial charge >= 0.3 is 35.5 Å². The van der Waals surface area contributed by atoms with Gasteiger partial charge in [0.05, 0.1) is 17.0 Å². The molecule has 96 valence electrons. The smallest absolute Gasteiger partial charge is 0.545 e. The summed E-state index contributed by atoms with van der Waals surface area (Å²) in [7, 11) is 0. The van der Waals surface area contributed by atoms with E-state index < -0.39 is 11.9 Å². The Hall–Kier alpha value is -1.25. The maximum absolute atomic E-state index is 10.4. The van der Waals surface area contributed by atoms with Crippen LogP contribution in [-0.2, 0) is 0 Å². The van der Waals surface area contributed by atoms with Crippen LogP contribution in [0.5, 0.6) is 0 Å². The molecule has 3 N–H and O–H groups in total. The second-order valence-electron chi connectivity index (χ2n) is 2.85. The third kappa shape index (κ3) is 7.70. The fourth-order valence-corrected chi connectivity index (χ4v) is 1.31. The maximum atomic E-state index is 10.4. The quantitative estimate of drug-likeness (QED) is 0.594. The van der Waals surface area contributed by atoms with Gasteiger partial charge in [-0.15, -0.1) is 11.3 Å². The summed E-state index contributed by atoms with van der Waals surface area (Å²) in [5.74, 6) is -2.53. The Kier molecular flexibility index (Phi) is 11.3. The Morgan fingerprint density at radius 1 is 1.26 bits per heavy atom. The minimum atomic E-state index is -1.38. The Morgan fingerprint density at radius 3 is 2.26 bits per heavy atom. The normalized spacial score (nSPS) is 8.00. The molecule has 0 amide bonds. The van der Waals surface area contributed by atoms with Crippen LogP contribution >= 0.6 is 11.3 Å². The summed E-state index contributed by atoms with van der Waals surface area (Å²) >= 11 is 1.60. The maximum Gasteiger partial charge on any atom is 1.00 e. The molecular weight excluding hydrogens is 281 g/mol. The Bertz CT molecular complexity index is 457. The zero-order chi connectivity index (χ0) is 12.7. The van der Waals surface area contributed by atoms with Gasteiger partial charge in [-0.25, -0.2) is 4.79 Å². The molecule has 2 aromatic rings. The van der Waals surface area contributed by atoms with Crippen LogP contribution in [0.15, 0.2) is 41.4 Å². The van der Waals surface area contributed by atoms with Crippen LogP contribution < -0.4 is 34.7 Å². The largest absolute Gasteiger partial charge is 1.00 e. The van der Waals surface area contributed by atoms with Crippen molar-refractivity contribution in [2.75, 3.05) is 0 Å². The first-order valence-electron chi connectivity index (χ1n) is 4.48. The topological polar surface area (TPSA) is 122 Å². The van der Waals surface area contributed by atoms with Crippen molar-refractivity contribution < 1.29 is 54.8 Å². The monoisotopic (exact) mass is 291 g/mol. The molecule has 0 bridgehead atoms. The summed E-state index contributed by atoms with van der Waals surface area (Å²) in [6.45, 7) is 0. The minimum absolute atomic E-state index is 0. The third-order valence-corrected chi connectivity index (χ3v) is 2.21. The van der Waals surface area contributed by atoms with Crippen LogP contribution in [0, 0.1) is 0 Å². The van der Waals surface area contributed by atoms with Gasteiger partial charge in [0.25, 0.3) is 0 Å². The molecule has 0 aliphatic heterocycles. The summed E-state index contributed by atoms with van der Waals surface area (Å²) in [5, 5.41) is 20.7. The summed E-state index contributed by atoms with van der Waals surface area (Å²) in [6, 6.07) is 5.00. The fourth-order valence-electron chi connectivity index (χ4n) is 0.955. The first-order chi connectivity index (χ1) is 8.11. The van der Waals surface area contributed by atoms with Crippen molar-refractivity contribution in [2.24, 2.45) is 0 Å². The molecule has 0 aliphatic rings. The second kappa shape index (κ2) is 10.7. The van der Waals surface area contributed by atoms with Gasteiger partial charge in [0.15, 0.2) is 0 Å². The van der Waals surface area contributed by atoms with Crippen molar-refractivity contribution in [2.45, 2.75) is 0 Å². The van der Waals surface area contributed by atoms with E-state index in [4.69, 9.17) is 5.11 Å². The first kappa shape index (κ1) is 20.1. The summed E-state index contributed by atoms with van der Waals surface area (Å²) < 4.78 is 0. The number of aromatic carboxylic acids is 2. The average molecular weight is 291 g/mol. The van der Waals surface area contributed by atoms with Crippen molar-refractivity contribution >= 4 is 23.3 Å². The Labute approximate surface area is 135 Å². The number of nitrogens with zero attached hydrogens (tertiary/aromatic N) is 1. The van der Waals surface area contributed by atoms with E-state index in [0.29, 0.717) is 0 Å². The zero-order valence-corrected chi connectivity index (χ0v) is 12.9. The standard InChI is InChI=1S/C8H6O4.C3H3NS.Na.H2O/c9-7(10)5-2-1-3-6(4-5)8(11)12;1-2-5-3-4-1;;/h1-4H,(H,9,10)(H,11,12);1-3H;;1H2/q;;+1;/p-1.